The minimum Gasteiger partial charge on any atom is -0.478 e. The molecule has 0 amide bonds. The van der Waals surface area contributed by atoms with Crippen LogP contribution in [0.25, 0.3) is 17.0 Å². The zero-order valence-corrected chi connectivity index (χ0v) is 16.8. The summed E-state index contributed by atoms with van der Waals surface area (Å²) in [7, 11) is 0. The number of hydrogen-bond acceptors (Lipinski definition) is 5. The molecule has 2 aromatic carbocycles. The number of aliphatic carboxylic acids is 1. The fraction of sp³-hybridized carbons (Fsp3) is 0.217. The number of fused-ring (bicyclic) bond motifs is 1. The first-order valence-corrected chi connectivity index (χ1v) is 9.16. The van der Waals surface area contributed by atoms with Crippen molar-refractivity contribution < 1.29 is 19.4 Å². The number of aromatic nitrogens is 2. The Hall–Kier alpha value is -3.54. The molecule has 6 nitrogen and oxygen atoms in total. The summed E-state index contributed by atoms with van der Waals surface area (Å²) in [6, 6.07) is 12.9. The molecule has 1 aromatic heterocycles. The standard InChI is InChI=1S/C23H22N2O4/c1-14-11-16(12-15(2)21(14)29-23(3,4)22(27)28)9-10-20(26)19-13-17-7-5-6-8-18(17)24-25-19/h5-13H,1-4H3,(H,27,28)/b10-9+. The van der Waals surface area contributed by atoms with Crippen molar-refractivity contribution in [1.29, 1.82) is 0 Å². The van der Waals surface area contributed by atoms with Crippen LogP contribution in [0.1, 0.15) is 41.0 Å². The van der Waals surface area contributed by atoms with Crippen molar-refractivity contribution in [3.8, 4) is 5.75 Å². The molecule has 29 heavy (non-hydrogen) atoms. The molecule has 0 fully saturated rings. The third kappa shape index (κ3) is 4.48. The summed E-state index contributed by atoms with van der Waals surface area (Å²) in [5.41, 5.74) is 2.06. The van der Waals surface area contributed by atoms with Crippen LogP contribution in [0.4, 0.5) is 0 Å². The monoisotopic (exact) mass is 390 g/mol. The van der Waals surface area contributed by atoms with Gasteiger partial charge in [0.05, 0.1) is 5.52 Å². The van der Waals surface area contributed by atoms with Gasteiger partial charge in [-0.05, 0) is 74.7 Å². The molecule has 1 heterocycles. The first kappa shape index (κ1) is 20.2. The number of rotatable bonds is 6. The maximum Gasteiger partial charge on any atom is 0.347 e. The van der Waals surface area contributed by atoms with E-state index in [-0.39, 0.29) is 11.5 Å². The number of nitrogens with zero attached hydrogens (tertiary/aromatic N) is 2. The highest BCUT2D eigenvalue weighted by Gasteiger charge is 2.30. The van der Waals surface area contributed by atoms with Gasteiger partial charge >= 0.3 is 5.97 Å². The predicted molar refractivity (Wildman–Crippen MR) is 111 cm³/mol. The number of carbonyl (C=O) groups is 2. The van der Waals surface area contributed by atoms with E-state index in [0.717, 1.165) is 27.6 Å². The maximum absolute atomic E-state index is 12.5. The van der Waals surface area contributed by atoms with Crippen molar-refractivity contribution in [2.45, 2.75) is 33.3 Å². The molecule has 6 heteroatoms. The zero-order chi connectivity index (χ0) is 21.2. The number of ketones is 1. The van der Waals surface area contributed by atoms with Crippen molar-refractivity contribution in [2.75, 3.05) is 0 Å². The summed E-state index contributed by atoms with van der Waals surface area (Å²) >= 11 is 0. The highest BCUT2D eigenvalue weighted by Crippen LogP contribution is 2.29. The molecular weight excluding hydrogens is 368 g/mol. The summed E-state index contributed by atoms with van der Waals surface area (Å²) in [6.45, 7) is 6.69. The van der Waals surface area contributed by atoms with E-state index in [1.807, 2.05) is 50.2 Å². The largest absolute Gasteiger partial charge is 0.478 e. The van der Waals surface area contributed by atoms with Crippen LogP contribution in [0, 0.1) is 13.8 Å². The highest BCUT2D eigenvalue weighted by molar-refractivity contribution is 6.06. The van der Waals surface area contributed by atoms with Gasteiger partial charge in [0.15, 0.2) is 5.60 Å². The van der Waals surface area contributed by atoms with Crippen molar-refractivity contribution >= 4 is 28.7 Å². The molecule has 0 saturated carbocycles. The van der Waals surface area contributed by atoms with Gasteiger partial charge in [-0.25, -0.2) is 4.79 Å². The molecule has 0 aliphatic rings. The van der Waals surface area contributed by atoms with Gasteiger partial charge in [0.1, 0.15) is 11.4 Å². The van der Waals surface area contributed by atoms with E-state index >= 15 is 0 Å². The van der Waals surface area contributed by atoms with Crippen LogP contribution < -0.4 is 4.74 Å². The summed E-state index contributed by atoms with van der Waals surface area (Å²) < 4.78 is 5.71. The van der Waals surface area contributed by atoms with Crippen LogP contribution in [0.5, 0.6) is 5.75 Å². The van der Waals surface area contributed by atoms with Crippen LogP contribution in [0.3, 0.4) is 0 Å². The number of benzene rings is 2. The minimum absolute atomic E-state index is 0.245. The van der Waals surface area contributed by atoms with Gasteiger partial charge in [-0.1, -0.05) is 24.3 Å². The Morgan fingerprint density at radius 2 is 1.69 bits per heavy atom. The molecule has 0 spiro atoms. The first-order valence-electron chi connectivity index (χ1n) is 9.16. The Morgan fingerprint density at radius 1 is 1.03 bits per heavy atom. The fourth-order valence-electron chi connectivity index (χ4n) is 2.90. The lowest BCUT2D eigenvalue weighted by Crippen LogP contribution is -2.38. The number of aryl methyl sites for hydroxylation is 2. The second kappa shape index (κ2) is 7.83. The van der Waals surface area contributed by atoms with Gasteiger partial charge in [0.2, 0.25) is 5.78 Å². The van der Waals surface area contributed by atoms with Crippen LogP contribution in [-0.2, 0) is 4.79 Å². The third-order valence-corrected chi connectivity index (χ3v) is 4.53. The quantitative estimate of drug-likeness (QED) is 0.496. The van der Waals surface area contributed by atoms with Crippen LogP contribution in [0.2, 0.25) is 0 Å². The summed E-state index contributed by atoms with van der Waals surface area (Å²) in [4.78, 5) is 23.8. The van der Waals surface area contributed by atoms with Crippen LogP contribution in [0.15, 0.2) is 48.5 Å². The normalized spacial score (nSPS) is 11.7. The lowest BCUT2D eigenvalue weighted by atomic mass is 10.0. The van der Waals surface area contributed by atoms with E-state index in [9.17, 15) is 14.7 Å². The van der Waals surface area contributed by atoms with Gasteiger partial charge in [-0.15, -0.1) is 10.2 Å². The summed E-state index contributed by atoms with van der Waals surface area (Å²) in [5.74, 6) is -0.755. The van der Waals surface area contributed by atoms with Crippen molar-refractivity contribution in [2.24, 2.45) is 0 Å². The smallest absolute Gasteiger partial charge is 0.347 e. The van der Waals surface area contributed by atoms with Gasteiger partial charge in [0.25, 0.3) is 0 Å². The van der Waals surface area contributed by atoms with E-state index in [2.05, 4.69) is 10.2 Å². The van der Waals surface area contributed by atoms with Gasteiger partial charge in [0, 0.05) is 5.39 Å². The Morgan fingerprint density at radius 3 is 2.34 bits per heavy atom. The molecule has 3 rings (SSSR count). The van der Waals surface area contributed by atoms with Crippen molar-refractivity contribution in [1.82, 2.24) is 10.2 Å². The molecule has 0 aliphatic heterocycles. The van der Waals surface area contributed by atoms with Gasteiger partial charge in [-0.3, -0.25) is 4.79 Å². The van der Waals surface area contributed by atoms with Gasteiger partial charge in [-0.2, -0.15) is 0 Å². The van der Waals surface area contributed by atoms with Gasteiger partial charge < -0.3 is 9.84 Å². The Bertz CT molecular complexity index is 1110. The number of ether oxygens (including phenoxy) is 1. The average molecular weight is 390 g/mol. The molecule has 0 radical (unpaired) electrons. The lowest BCUT2D eigenvalue weighted by Gasteiger charge is -2.24. The fourth-order valence-corrected chi connectivity index (χ4v) is 2.90. The molecule has 1 N–H and O–H groups in total. The molecule has 148 valence electrons. The average Bonchev–Trinajstić information content (AvgIpc) is 2.68. The summed E-state index contributed by atoms with van der Waals surface area (Å²) in [6.07, 6.45) is 3.15. The second-order valence-electron chi connectivity index (χ2n) is 7.39. The van der Waals surface area contributed by atoms with Crippen LogP contribution >= 0.6 is 0 Å². The lowest BCUT2D eigenvalue weighted by molar-refractivity contribution is -0.152. The molecule has 0 bridgehead atoms. The Labute approximate surface area is 168 Å². The SMILES string of the molecule is Cc1cc(/C=C/C(=O)c2cc3ccccc3nn2)cc(C)c1OC(C)(C)C(=O)O. The number of carboxylic acid groups (broad SMARTS) is 1. The van der Waals surface area contributed by atoms with E-state index in [0.29, 0.717) is 5.75 Å². The van der Waals surface area contributed by atoms with E-state index in [1.54, 1.807) is 12.1 Å². The molecule has 3 aromatic rings. The van der Waals surface area contributed by atoms with Crippen molar-refractivity contribution in [3.05, 3.63) is 70.9 Å². The third-order valence-electron chi connectivity index (χ3n) is 4.53. The number of hydrogen-bond donors (Lipinski definition) is 1. The topological polar surface area (TPSA) is 89.4 Å². The van der Waals surface area contributed by atoms with Crippen molar-refractivity contribution in [3.63, 3.8) is 0 Å². The second-order valence-corrected chi connectivity index (χ2v) is 7.39. The minimum atomic E-state index is -1.34. The number of carboxylic acids is 1. The maximum atomic E-state index is 12.5. The first-order chi connectivity index (χ1) is 13.7. The molecule has 0 saturated heterocycles. The van der Waals surface area contributed by atoms with E-state index in [1.165, 1.54) is 19.9 Å². The van der Waals surface area contributed by atoms with E-state index in [4.69, 9.17) is 4.74 Å². The molecule has 0 unspecified atom stereocenters. The van der Waals surface area contributed by atoms with E-state index < -0.39 is 11.6 Å². The summed E-state index contributed by atoms with van der Waals surface area (Å²) in [5, 5.41) is 18.2. The molecule has 0 atom stereocenters. The molecular formula is C23H22N2O4. The molecule has 0 aliphatic carbocycles. The Kier molecular flexibility index (Phi) is 5.46. The Balaban J connectivity index is 1.82. The number of carbonyl (C=O) groups excluding carboxylic acids is 1. The highest BCUT2D eigenvalue weighted by atomic mass is 16.5. The number of allylic oxidation sites excluding steroid dienone is 1. The predicted octanol–water partition coefficient (Wildman–Crippen LogP) is 4.38. The zero-order valence-electron chi connectivity index (χ0n) is 16.8. The van der Waals surface area contributed by atoms with Crippen LogP contribution in [-0.4, -0.2) is 32.7 Å².